The molecule has 3 heteroatoms. The SMILES string of the molecule is CC(O)C(C)Sc1cccc(C=O)c1. The number of hydrogen-bond donors (Lipinski definition) is 1. The van der Waals surface area contributed by atoms with Crippen LogP contribution in [0.25, 0.3) is 0 Å². The Balaban J connectivity index is 2.71. The average molecular weight is 210 g/mol. The smallest absolute Gasteiger partial charge is 0.150 e. The van der Waals surface area contributed by atoms with Gasteiger partial charge in [-0.15, -0.1) is 11.8 Å². The van der Waals surface area contributed by atoms with E-state index < -0.39 is 0 Å². The number of aldehydes is 1. The summed E-state index contributed by atoms with van der Waals surface area (Å²) < 4.78 is 0. The van der Waals surface area contributed by atoms with Crippen molar-refractivity contribution in [3.05, 3.63) is 29.8 Å². The number of aliphatic hydroxyl groups is 1. The molecule has 2 nitrogen and oxygen atoms in total. The lowest BCUT2D eigenvalue weighted by Crippen LogP contribution is -2.14. The summed E-state index contributed by atoms with van der Waals surface area (Å²) in [6.45, 7) is 3.73. The van der Waals surface area contributed by atoms with Gasteiger partial charge in [0.05, 0.1) is 6.10 Å². The van der Waals surface area contributed by atoms with E-state index in [-0.39, 0.29) is 11.4 Å². The highest BCUT2D eigenvalue weighted by Gasteiger charge is 2.10. The van der Waals surface area contributed by atoms with E-state index in [1.165, 1.54) is 0 Å². The summed E-state index contributed by atoms with van der Waals surface area (Å²) in [5.41, 5.74) is 0.674. The maximum Gasteiger partial charge on any atom is 0.150 e. The molecule has 1 aromatic carbocycles. The third-order valence-electron chi connectivity index (χ3n) is 2.00. The van der Waals surface area contributed by atoms with Crippen LogP contribution in [0, 0.1) is 0 Å². The van der Waals surface area contributed by atoms with Crippen LogP contribution in [0.4, 0.5) is 0 Å². The van der Waals surface area contributed by atoms with E-state index in [9.17, 15) is 9.90 Å². The van der Waals surface area contributed by atoms with E-state index >= 15 is 0 Å². The summed E-state index contributed by atoms with van der Waals surface area (Å²) in [4.78, 5) is 11.5. The molecule has 0 aliphatic carbocycles. The van der Waals surface area contributed by atoms with Crippen LogP contribution in [-0.2, 0) is 0 Å². The third-order valence-corrected chi connectivity index (χ3v) is 3.29. The molecule has 14 heavy (non-hydrogen) atoms. The van der Waals surface area contributed by atoms with Gasteiger partial charge in [-0.3, -0.25) is 4.79 Å². The predicted octanol–water partition coefficient (Wildman–Crippen LogP) is 2.36. The van der Waals surface area contributed by atoms with Crippen molar-refractivity contribution < 1.29 is 9.90 Å². The molecule has 0 saturated carbocycles. The summed E-state index contributed by atoms with van der Waals surface area (Å²) in [5.74, 6) is 0. The van der Waals surface area contributed by atoms with E-state index in [2.05, 4.69) is 0 Å². The van der Waals surface area contributed by atoms with Gasteiger partial charge >= 0.3 is 0 Å². The van der Waals surface area contributed by atoms with Crippen molar-refractivity contribution >= 4 is 18.0 Å². The number of carbonyl (C=O) groups is 1. The zero-order valence-electron chi connectivity index (χ0n) is 8.31. The van der Waals surface area contributed by atoms with Crippen LogP contribution in [-0.4, -0.2) is 22.7 Å². The predicted molar refractivity (Wildman–Crippen MR) is 58.8 cm³/mol. The Labute approximate surface area is 88.3 Å². The molecule has 0 fully saturated rings. The van der Waals surface area contributed by atoms with Crippen LogP contribution in [0.15, 0.2) is 29.2 Å². The molecule has 0 aliphatic rings. The molecular weight excluding hydrogens is 196 g/mol. The lowest BCUT2D eigenvalue weighted by Gasteiger charge is -2.13. The van der Waals surface area contributed by atoms with Gasteiger partial charge in [-0.05, 0) is 19.1 Å². The zero-order valence-corrected chi connectivity index (χ0v) is 9.12. The molecule has 76 valence electrons. The highest BCUT2D eigenvalue weighted by atomic mass is 32.2. The highest BCUT2D eigenvalue weighted by molar-refractivity contribution is 8.00. The summed E-state index contributed by atoms with van der Waals surface area (Å²) >= 11 is 1.57. The summed E-state index contributed by atoms with van der Waals surface area (Å²) in [7, 11) is 0. The molecule has 0 spiro atoms. The van der Waals surface area contributed by atoms with Crippen molar-refractivity contribution in [2.24, 2.45) is 0 Å². The molecular formula is C11H14O2S. The topological polar surface area (TPSA) is 37.3 Å². The molecule has 2 atom stereocenters. The van der Waals surface area contributed by atoms with Gasteiger partial charge in [0.1, 0.15) is 6.29 Å². The van der Waals surface area contributed by atoms with Gasteiger partial charge in [-0.2, -0.15) is 0 Å². The van der Waals surface area contributed by atoms with E-state index in [0.717, 1.165) is 11.2 Å². The number of thioether (sulfide) groups is 1. The van der Waals surface area contributed by atoms with Gasteiger partial charge in [-0.1, -0.05) is 19.1 Å². The first-order valence-electron chi connectivity index (χ1n) is 4.53. The van der Waals surface area contributed by atoms with Crippen molar-refractivity contribution in [1.82, 2.24) is 0 Å². The van der Waals surface area contributed by atoms with Crippen molar-refractivity contribution in [2.45, 2.75) is 30.1 Å². The fourth-order valence-corrected chi connectivity index (χ4v) is 1.96. The molecule has 1 aromatic rings. The zero-order chi connectivity index (χ0) is 10.6. The second-order valence-corrected chi connectivity index (χ2v) is 4.70. The highest BCUT2D eigenvalue weighted by Crippen LogP contribution is 2.25. The first-order valence-corrected chi connectivity index (χ1v) is 5.41. The Bertz CT molecular complexity index is 310. The molecule has 0 saturated heterocycles. The van der Waals surface area contributed by atoms with Crippen molar-refractivity contribution in [2.75, 3.05) is 0 Å². The fourth-order valence-electron chi connectivity index (χ4n) is 0.974. The van der Waals surface area contributed by atoms with Gasteiger partial charge in [0, 0.05) is 15.7 Å². The molecule has 1 N–H and O–H groups in total. The fraction of sp³-hybridized carbons (Fsp3) is 0.364. The Morgan fingerprint density at radius 2 is 2.14 bits per heavy atom. The minimum Gasteiger partial charge on any atom is -0.392 e. The maximum absolute atomic E-state index is 10.5. The lowest BCUT2D eigenvalue weighted by atomic mass is 10.2. The second kappa shape index (κ2) is 5.17. The minimum absolute atomic E-state index is 0.136. The Morgan fingerprint density at radius 1 is 1.43 bits per heavy atom. The normalized spacial score (nSPS) is 14.8. The monoisotopic (exact) mass is 210 g/mol. The molecule has 2 unspecified atom stereocenters. The van der Waals surface area contributed by atoms with Crippen molar-refractivity contribution in [3.63, 3.8) is 0 Å². The molecule has 0 radical (unpaired) electrons. The first-order chi connectivity index (χ1) is 6.63. The number of rotatable bonds is 4. The quantitative estimate of drug-likeness (QED) is 0.612. The van der Waals surface area contributed by atoms with Crippen LogP contribution in [0.1, 0.15) is 24.2 Å². The van der Waals surface area contributed by atoms with Crippen LogP contribution in [0.2, 0.25) is 0 Å². The van der Waals surface area contributed by atoms with Crippen LogP contribution < -0.4 is 0 Å². The Morgan fingerprint density at radius 3 is 2.71 bits per heavy atom. The van der Waals surface area contributed by atoms with Gasteiger partial charge < -0.3 is 5.11 Å². The Kier molecular flexibility index (Phi) is 4.17. The van der Waals surface area contributed by atoms with Crippen LogP contribution in [0.3, 0.4) is 0 Å². The van der Waals surface area contributed by atoms with Crippen LogP contribution >= 0.6 is 11.8 Å². The molecule has 0 aliphatic heterocycles. The molecule has 0 aromatic heterocycles. The number of hydrogen-bond acceptors (Lipinski definition) is 3. The second-order valence-electron chi connectivity index (χ2n) is 3.25. The molecule has 0 heterocycles. The van der Waals surface area contributed by atoms with Crippen LogP contribution in [0.5, 0.6) is 0 Å². The van der Waals surface area contributed by atoms with Gasteiger partial charge in [0.15, 0.2) is 0 Å². The number of benzene rings is 1. The number of aliphatic hydroxyl groups excluding tert-OH is 1. The maximum atomic E-state index is 10.5. The van der Waals surface area contributed by atoms with Gasteiger partial charge in [-0.25, -0.2) is 0 Å². The third kappa shape index (κ3) is 3.16. The van der Waals surface area contributed by atoms with Crippen molar-refractivity contribution in [3.8, 4) is 0 Å². The molecule has 0 amide bonds. The summed E-state index contributed by atoms with van der Waals surface area (Å²) in [6.07, 6.45) is 0.483. The van der Waals surface area contributed by atoms with Crippen molar-refractivity contribution in [1.29, 1.82) is 0 Å². The largest absolute Gasteiger partial charge is 0.392 e. The van der Waals surface area contributed by atoms with E-state index in [1.54, 1.807) is 24.8 Å². The summed E-state index contributed by atoms with van der Waals surface area (Å²) in [6, 6.07) is 7.39. The molecule has 0 bridgehead atoms. The molecule has 1 rings (SSSR count). The Hall–Kier alpha value is -0.800. The first kappa shape index (κ1) is 11.3. The van der Waals surface area contributed by atoms with E-state index in [1.807, 2.05) is 25.1 Å². The lowest BCUT2D eigenvalue weighted by molar-refractivity contribution is 0.112. The average Bonchev–Trinajstić information content (AvgIpc) is 2.18. The summed E-state index contributed by atoms with van der Waals surface area (Å²) in [5, 5.41) is 9.45. The van der Waals surface area contributed by atoms with E-state index in [4.69, 9.17) is 0 Å². The van der Waals surface area contributed by atoms with E-state index in [0.29, 0.717) is 5.56 Å². The standard InChI is InChI=1S/C11H14O2S/c1-8(13)9(2)14-11-5-3-4-10(6-11)7-12/h3-9,13H,1-2H3. The number of carbonyl (C=O) groups excluding carboxylic acids is 1. The van der Waals surface area contributed by atoms with Gasteiger partial charge in [0.2, 0.25) is 0 Å². The minimum atomic E-state index is -0.347. The van der Waals surface area contributed by atoms with Gasteiger partial charge in [0.25, 0.3) is 0 Å².